The van der Waals surface area contributed by atoms with Gasteiger partial charge >= 0.3 is 0 Å². The fraction of sp³-hybridized carbons (Fsp3) is 0.0667. The highest BCUT2D eigenvalue weighted by molar-refractivity contribution is 5.53. The summed E-state index contributed by atoms with van der Waals surface area (Å²) in [6.45, 7) is 6.14. The summed E-state index contributed by atoms with van der Waals surface area (Å²) >= 11 is 0. The predicted octanol–water partition coefficient (Wildman–Crippen LogP) is 2.23. The first-order chi connectivity index (χ1) is 7.27. The minimum absolute atomic E-state index is 1.07. The van der Waals surface area contributed by atoms with Gasteiger partial charge in [0.2, 0.25) is 0 Å². The molecule has 0 fully saturated rings. The van der Waals surface area contributed by atoms with Crippen molar-refractivity contribution in [2.75, 3.05) is 0 Å². The molecule has 0 nitrogen and oxygen atoms in total. The number of rotatable bonds is 1. The van der Waals surface area contributed by atoms with Gasteiger partial charge in [-0.05, 0) is 34.6 Å². The van der Waals surface area contributed by atoms with Gasteiger partial charge < -0.3 is 0 Å². The normalized spacial score (nSPS) is 11.7. The van der Waals surface area contributed by atoms with Gasteiger partial charge in [0.15, 0.2) is 0 Å². The molecule has 0 heterocycles. The van der Waals surface area contributed by atoms with Crippen LogP contribution in [0.25, 0.3) is 12.7 Å². The zero-order chi connectivity index (χ0) is 10.7. The Labute approximate surface area is 90.2 Å². The van der Waals surface area contributed by atoms with E-state index in [9.17, 15) is 0 Å². The number of benzene rings is 2. The molecule has 0 aliphatic heterocycles. The third-order valence-corrected chi connectivity index (χ3v) is 2.55. The Morgan fingerprint density at radius 2 is 1.60 bits per heavy atom. The van der Waals surface area contributed by atoms with Gasteiger partial charge in [-0.2, -0.15) is 0 Å². The van der Waals surface area contributed by atoms with E-state index in [4.69, 9.17) is 0 Å². The summed E-state index contributed by atoms with van der Waals surface area (Å²) in [4.78, 5) is 0. The molecular weight excluding hydrogens is 180 g/mol. The van der Waals surface area contributed by atoms with Crippen molar-refractivity contribution in [2.45, 2.75) is 6.92 Å². The van der Waals surface area contributed by atoms with Crippen LogP contribution in [0.1, 0.15) is 11.1 Å². The maximum absolute atomic E-state index is 4.02. The van der Waals surface area contributed by atoms with Gasteiger partial charge in [0.05, 0.1) is 0 Å². The number of hydrogen-bond donors (Lipinski definition) is 0. The van der Waals surface area contributed by atoms with E-state index >= 15 is 0 Å². The van der Waals surface area contributed by atoms with Crippen LogP contribution in [-0.2, 0) is 0 Å². The fourth-order valence-corrected chi connectivity index (χ4v) is 1.59. The van der Waals surface area contributed by atoms with Crippen LogP contribution < -0.4 is 10.4 Å². The van der Waals surface area contributed by atoms with E-state index in [-0.39, 0.29) is 0 Å². The van der Waals surface area contributed by atoms with E-state index in [1.807, 2.05) is 18.2 Å². The second-order valence-electron chi connectivity index (χ2n) is 3.70. The van der Waals surface area contributed by atoms with E-state index < -0.39 is 0 Å². The molecule has 0 amide bonds. The lowest BCUT2D eigenvalue weighted by Gasteiger charge is -1.98. The van der Waals surface area contributed by atoms with Crippen LogP contribution in [0.5, 0.6) is 0 Å². The first kappa shape index (κ1) is 9.72. The second kappa shape index (κ2) is 4.14. The van der Waals surface area contributed by atoms with Gasteiger partial charge in [-0.3, -0.25) is 0 Å². The highest BCUT2D eigenvalue weighted by Crippen LogP contribution is 2.06. The lowest BCUT2D eigenvalue weighted by Crippen LogP contribution is -2.21. The van der Waals surface area contributed by atoms with Crippen molar-refractivity contribution in [1.29, 1.82) is 0 Å². The van der Waals surface area contributed by atoms with Crippen LogP contribution in [0.3, 0.4) is 0 Å². The van der Waals surface area contributed by atoms with E-state index in [0.29, 0.717) is 0 Å². The Morgan fingerprint density at radius 1 is 0.933 bits per heavy atom. The summed E-state index contributed by atoms with van der Waals surface area (Å²) in [6, 6.07) is 16.5. The molecule has 0 atom stereocenters. The predicted molar refractivity (Wildman–Crippen MR) is 66.0 cm³/mol. The zero-order valence-corrected chi connectivity index (χ0v) is 8.90. The molecule has 0 aliphatic carbocycles. The van der Waals surface area contributed by atoms with Crippen molar-refractivity contribution in [1.82, 2.24) is 0 Å². The molecule has 0 unspecified atom stereocenters. The van der Waals surface area contributed by atoms with Crippen LogP contribution in [-0.4, -0.2) is 0 Å². The SMILES string of the molecule is C=c1ccccc1=Cc1ccccc1C. The third kappa shape index (κ3) is 2.16. The lowest BCUT2D eigenvalue weighted by molar-refractivity contribution is 1.43. The van der Waals surface area contributed by atoms with Crippen molar-refractivity contribution < 1.29 is 0 Å². The minimum atomic E-state index is 1.07. The molecule has 0 N–H and O–H groups in total. The molecule has 2 aromatic carbocycles. The van der Waals surface area contributed by atoms with Crippen LogP contribution in [0.2, 0.25) is 0 Å². The average molecular weight is 194 g/mol. The Kier molecular flexibility index (Phi) is 2.68. The molecule has 0 saturated carbocycles. The fourth-order valence-electron chi connectivity index (χ4n) is 1.59. The number of aryl methyl sites for hydroxylation is 1. The summed E-state index contributed by atoms with van der Waals surface area (Å²) < 4.78 is 0. The summed E-state index contributed by atoms with van der Waals surface area (Å²) in [7, 11) is 0. The molecule has 0 heteroatoms. The summed E-state index contributed by atoms with van der Waals surface area (Å²) in [6.07, 6.45) is 2.18. The molecular formula is C15H14. The molecule has 0 bridgehead atoms. The summed E-state index contributed by atoms with van der Waals surface area (Å²) in [5.74, 6) is 0. The van der Waals surface area contributed by atoms with Crippen molar-refractivity contribution in [3.05, 3.63) is 70.1 Å². The van der Waals surface area contributed by atoms with Crippen molar-refractivity contribution in [3.8, 4) is 0 Å². The standard InChI is InChI=1S/C15H14/c1-12-7-3-5-9-14(12)11-15-10-6-4-8-13(15)2/h3-11H,1H2,2H3. The summed E-state index contributed by atoms with van der Waals surface area (Å²) in [5, 5.41) is 2.26. The first-order valence-corrected chi connectivity index (χ1v) is 5.09. The molecule has 0 spiro atoms. The van der Waals surface area contributed by atoms with E-state index in [1.165, 1.54) is 16.3 Å². The quantitative estimate of drug-likeness (QED) is 0.653. The average Bonchev–Trinajstić information content (AvgIpc) is 2.24. The van der Waals surface area contributed by atoms with Crippen molar-refractivity contribution in [3.63, 3.8) is 0 Å². The van der Waals surface area contributed by atoms with E-state index in [2.05, 4.69) is 49.9 Å². The lowest BCUT2D eigenvalue weighted by atomic mass is 10.1. The first-order valence-electron chi connectivity index (χ1n) is 5.09. The van der Waals surface area contributed by atoms with Gasteiger partial charge in [0.25, 0.3) is 0 Å². The van der Waals surface area contributed by atoms with Crippen LogP contribution >= 0.6 is 0 Å². The topological polar surface area (TPSA) is 0 Å². The Bertz CT molecular complexity index is 565. The minimum Gasteiger partial charge on any atom is -0.0912 e. The van der Waals surface area contributed by atoms with Crippen LogP contribution in [0.4, 0.5) is 0 Å². The molecule has 0 radical (unpaired) electrons. The Morgan fingerprint density at radius 3 is 2.33 bits per heavy atom. The maximum atomic E-state index is 4.02. The largest absolute Gasteiger partial charge is 0.0912 e. The molecule has 2 rings (SSSR count). The number of hydrogen-bond acceptors (Lipinski definition) is 0. The highest BCUT2D eigenvalue weighted by atomic mass is 14.0. The molecule has 15 heavy (non-hydrogen) atoms. The molecule has 2 aromatic rings. The van der Waals surface area contributed by atoms with Gasteiger partial charge in [-0.1, -0.05) is 55.1 Å². The Hall–Kier alpha value is -1.82. The maximum Gasteiger partial charge on any atom is -0.0184 e. The third-order valence-electron chi connectivity index (χ3n) is 2.55. The van der Waals surface area contributed by atoms with Crippen molar-refractivity contribution in [2.24, 2.45) is 0 Å². The van der Waals surface area contributed by atoms with Crippen molar-refractivity contribution >= 4 is 12.7 Å². The highest BCUT2D eigenvalue weighted by Gasteiger charge is 1.91. The zero-order valence-electron chi connectivity index (χ0n) is 8.90. The van der Waals surface area contributed by atoms with Gasteiger partial charge in [0, 0.05) is 0 Å². The van der Waals surface area contributed by atoms with Crippen LogP contribution in [0, 0.1) is 6.92 Å². The Balaban J connectivity index is 2.62. The van der Waals surface area contributed by atoms with Crippen LogP contribution in [0.15, 0.2) is 48.5 Å². The molecule has 74 valence electrons. The van der Waals surface area contributed by atoms with E-state index in [0.717, 1.165) is 5.22 Å². The van der Waals surface area contributed by atoms with Gasteiger partial charge in [0.1, 0.15) is 0 Å². The summed E-state index contributed by atoms with van der Waals surface area (Å²) in [5.41, 5.74) is 2.55. The second-order valence-corrected chi connectivity index (χ2v) is 3.70. The van der Waals surface area contributed by atoms with E-state index in [1.54, 1.807) is 0 Å². The molecule has 0 saturated heterocycles. The smallest absolute Gasteiger partial charge is 0.0184 e. The molecule has 0 aliphatic rings. The van der Waals surface area contributed by atoms with Gasteiger partial charge in [-0.15, -0.1) is 0 Å². The molecule has 0 aromatic heterocycles. The van der Waals surface area contributed by atoms with Gasteiger partial charge in [-0.25, -0.2) is 0 Å². The monoisotopic (exact) mass is 194 g/mol.